The van der Waals surface area contributed by atoms with Crippen LogP contribution in [0.5, 0.6) is 0 Å². The van der Waals surface area contributed by atoms with Crippen LogP contribution in [0.25, 0.3) is 0 Å². The molecule has 22 heavy (non-hydrogen) atoms. The van der Waals surface area contributed by atoms with E-state index in [0.29, 0.717) is 6.54 Å². The third-order valence-electron chi connectivity index (χ3n) is 4.45. The zero-order valence-corrected chi connectivity index (χ0v) is 15.5. The van der Waals surface area contributed by atoms with Crippen LogP contribution in [0.2, 0.25) is 0 Å². The highest BCUT2D eigenvalue weighted by atomic mass is 35.5. The first-order valence-corrected chi connectivity index (χ1v) is 8.01. The number of carbonyl (C=O) groups excluding carboxylic acids is 1. The summed E-state index contributed by atoms with van der Waals surface area (Å²) in [5.41, 5.74) is 0. The Labute approximate surface area is 147 Å². The van der Waals surface area contributed by atoms with E-state index in [0.717, 1.165) is 44.7 Å². The quantitative estimate of drug-likeness (QED) is 0.681. The lowest BCUT2D eigenvalue weighted by Crippen LogP contribution is -2.45. The molecule has 132 valence electrons. The SMILES string of the molecule is CN(C)C1CCN(CCNC(=O)CNCC2CC2)CC1.Cl.Cl. The number of hydrogen-bond acceptors (Lipinski definition) is 4. The predicted molar refractivity (Wildman–Crippen MR) is 96.2 cm³/mol. The molecular formula is C15H32Cl2N4O. The van der Waals surface area contributed by atoms with E-state index in [9.17, 15) is 4.79 Å². The van der Waals surface area contributed by atoms with Gasteiger partial charge in [0.25, 0.3) is 0 Å². The molecule has 0 radical (unpaired) electrons. The number of hydrogen-bond donors (Lipinski definition) is 2. The number of amides is 1. The molecule has 1 aliphatic heterocycles. The van der Waals surface area contributed by atoms with Gasteiger partial charge in [-0.1, -0.05) is 0 Å². The molecule has 1 aliphatic carbocycles. The molecule has 7 heteroatoms. The number of piperidine rings is 1. The number of likely N-dealkylation sites (tertiary alicyclic amines) is 1. The van der Waals surface area contributed by atoms with E-state index < -0.39 is 0 Å². The first-order valence-electron chi connectivity index (χ1n) is 8.01. The molecule has 0 atom stereocenters. The molecule has 2 aliphatic rings. The van der Waals surface area contributed by atoms with E-state index in [4.69, 9.17) is 0 Å². The number of halogens is 2. The van der Waals surface area contributed by atoms with Crippen molar-refractivity contribution in [2.24, 2.45) is 5.92 Å². The van der Waals surface area contributed by atoms with Gasteiger partial charge >= 0.3 is 0 Å². The third-order valence-corrected chi connectivity index (χ3v) is 4.45. The predicted octanol–water partition coefficient (Wildman–Crippen LogP) is 0.972. The second-order valence-electron chi connectivity index (χ2n) is 6.46. The lowest BCUT2D eigenvalue weighted by molar-refractivity contribution is -0.120. The molecule has 5 nitrogen and oxygen atoms in total. The molecule has 0 aromatic rings. The molecule has 2 rings (SSSR count). The van der Waals surface area contributed by atoms with Crippen LogP contribution in [0.15, 0.2) is 0 Å². The molecule has 0 spiro atoms. The maximum atomic E-state index is 11.6. The van der Waals surface area contributed by atoms with Crippen molar-refractivity contribution in [3.8, 4) is 0 Å². The maximum absolute atomic E-state index is 11.6. The number of nitrogens with zero attached hydrogens (tertiary/aromatic N) is 2. The van der Waals surface area contributed by atoms with Crippen molar-refractivity contribution in [2.45, 2.75) is 31.7 Å². The number of rotatable bonds is 8. The van der Waals surface area contributed by atoms with Crippen LogP contribution in [0.3, 0.4) is 0 Å². The summed E-state index contributed by atoms with van der Waals surface area (Å²) in [7, 11) is 4.32. The highest BCUT2D eigenvalue weighted by molar-refractivity contribution is 5.85. The average Bonchev–Trinajstić information content (AvgIpc) is 3.23. The molecule has 1 amide bonds. The van der Waals surface area contributed by atoms with Gasteiger partial charge in [0.15, 0.2) is 0 Å². The van der Waals surface area contributed by atoms with Crippen molar-refractivity contribution in [1.29, 1.82) is 0 Å². The van der Waals surface area contributed by atoms with Crippen LogP contribution in [-0.4, -0.2) is 75.1 Å². The number of nitrogens with one attached hydrogen (secondary N) is 2. The Kier molecular flexibility index (Phi) is 11.4. The van der Waals surface area contributed by atoms with E-state index >= 15 is 0 Å². The summed E-state index contributed by atoms with van der Waals surface area (Å²) in [5.74, 6) is 0.967. The Balaban J connectivity index is 0.00000220. The smallest absolute Gasteiger partial charge is 0.234 e. The summed E-state index contributed by atoms with van der Waals surface area (Å²) in [4.78, 5) is 16.4. The topological polar surface area (TPSA) is 47.6 Å². The van der Waals surface area contributed by atoms with Gasteiger partial charge in [0, 0.05) is 19.1 Å². The van der Waals surface area contributed by atoms with Crippen molar-refractivity contribution in [3.05, 3.63) is 0 Å². The summed E-state index contributed by atoms with van der Waals surface area (Å²) >= 11 is 0. The zero-order chi connectivity index (χ0) is 14.4. The summed E-state index contributed by atoms with van der Waals surface area (Å²) in [6.45, 7) is 5.53. The summed E-state index contributed by atoms with van der Waals surface area (Å²) in [6, 6.07) is 0.729. The molecule has 2 N–H and O–H groups in total. The van der Waals surface area contributed by atoms with Gasteiger partial charge in [-0.3, -0.25) is 4.79 Å². The van der Waals surface area contributed by atoms with Crippen molar-refractivity contribution in [2.75, 3.05) is 53.4 Å². The van der Waals surface area contributed by atoms with Crippen molar-refractivity contribution in [1.82, 2.24) is 20.4 Å². The van der Waals surface area contributed by atoms with Crippen molar-refractivity contribution < 1.29 is 4.79 Å². The molecule has 1 saturated carbocycles. The van der Waals surface area contributed by atoms with Gasteiger partial charge in [-0.2, -0.15) is 0 Å². The van der Waals surface area contributed by atoms with Gasteiger partial charge in [-0.05, 0) is 65.3 Å². The van der Waals surface area contributed by atoms with Crippen molar-refractivity contribution >= 4 is 30.7 Å². The summed E-state index contributed by atoms with van der Waals surface area (Å²) in [5, 5.41) is 6.23. The Morgan fingerprint density at radius 2 is 1.77 bits per heavy atom. The largest absolute Gasteiger partial charge is 0.354 e. The van der Waals surface area contributed by atoms with E-state index in [2.05, 4.69) is 34.5 Å². The Morgan fingerprint density at radius 1 is 1.14 bits per heavy atom. The minimum Gasteiger partial charge on any atom is -0.354 e. The highest BCUT2D eigenvalue weighted by Crippen LogP contribution is 2.27. The normalized spacial score (nSPS) is 19.4. The fourth-order valence-electron chi connectivity index (χ4n) is 2.79. The second-order valence-corrected chi connectivity index (χ2v) is 6.46. The fraction of sp³-hybridized carbons (Fsp3) is 0.933. The Bertz CT molecular complexity index is 306. The average molecular weight is 355 g/mol. The number of carbonyl (C=O) groups is 1. The molecule has 1 saturated heterocycles. The molecule has 2 fully saturated rings. The monoisotopic (exact) mass is 354 g/mol. The Hall–Kier alpha value is -0.0700. The van der Waals surface area contributed by atoms with E-state index in [1.165, 1.54) is 25.7 Å². The first-order chi connectivity index (χ1) is 9.65. The van der Waals surface area contributed by atoms with Crippen LogP contribution in [0, 0.1) is 5.92 Å². The van der Waals surface area contributed by atoms with Crippen molar-refractivity contribution in [3.63, 3.8) is 0 Å². The van der Waals surface area contributed by atoms with Crippen LogP contribution in [-0.2, 0) is 4.79 Å². The van der Waals surface area contributed by atoms with E-state index in [1.54, 1.807) is 0 Å². The fourth-order valence-corrected chi connectivity index (χ4v) is 2.79. The van der Waals surface area contributed by atoms with Crippen LogP contribution < -0.4 is 10.6 Å². The van der Waals surface area contributed by atoms with Gasteiger partial charge in [-0.25, -0.2) is 0 Å². The minimum absolute atomic E-state index is 0. The summed E-state index contributed by atoms with van der Waals surface area (Å²) in [6.07, 6.45) is 5.14. The highest BCUT2D eigenvalue weighted by Gasteiger charge is 2.21. The molecular weight excluding hydrogens is 323 g/mol. The minimum atomic E-state index is 0. The first kappa shape index (κ1) is 21.9. The molecule has 0 unspecified atom stereocenters. The third kappa shape index (κ3) is 8.53. The van der Waals surface area contributed by atoms with Gasteiger partial charge in [0.05, 0.1) is 6.54 Å². The molecule has 0 aromatic heterocycles. The zero-order valence-electron chi connectivity index (χ0n) is 13.8. The van der Waals surface area contributed by atoms with Gasteiger partial charge in [0.1, 0.15) is 0 Å². The molecule has 0 aromatic carbocycles. The second kappa shape index (κ2) is 11.5. The van der Waals surface area contributed by atoms with Gasteiger partial charge in [-0.15, -0.1) is 24.8 Å². The standard InChI is InChI=1S/C15H30N4O.2ClH/c1-18(2)14-5-8-19(9-6-14)10-7-17-15(20)12-16-11-13-3-4-13;;/h13-14,16H,3-12H2,1-2H3,(H,17,20);2*1H. The maximum Gasteiger partial charge on any atom is 0.234 e. The molecule has 0 bridgehead atoms. The van der Waals surface area contributed by atoms with E-state index in [-0.39, 0.29) is 30.7 Å². The van der Waals surface area contributed by atoms with Crippen LogP contribution in [0.4, 0.5) is 0 Å². The lowest BCUT2D eigenvalue weighted by Gasteiger charge is -2.35. The summed E-state index contributed by atoms with van der Waals surface area (Å²) < 4.78 is 0. The Morgan fingerprint density at radius 3 is 2.32 bits per heavy atom. The van der Waals surface area contributed by atoms with Gasteiger partial charge in [0.2, 0.25) is 5.91 Å². The van der Waals surface area contributed by atoms with Crippen LogP contribution >= 0.6 is 24.8 Å². The lowest BCUT2D eigenvalue weighted by atomic mass is 10.0. The van der Waals surface area contributed by atoms with Gasteiger partial charge < -0.3 is 20.4 Å². The van der Waals surface area contributed by atoms with E-state index in [1.807, 2.05) is 0 Å². The molecule has 1 heterocycles. The van der Waals surface area contributed by atoms with Crippen LogP contribution in [0.1, 0.15) is 25.7 Å².